The second kappa shape index (κ2) is 16.3. The van der Waals surface area contributed by atoms with Crippen molar-refractivity contribution in [3.8, 4) is 0 Å². The first-order chi connectivity index (χ1) is 17.7. The number of nitrogens with zero attached hydrogens (tertiary/aromatic N) is 3. The predicted octanol–water partition coefficient (Wildman–Crippen LogP) is 8.84. The smallest absolute Gasteiger partial charge is 0.0363 e. The van der Waals surface area contributed by atoms with Crippen molar-refractivity contribution in [2.45, 2.75) is 97.8 Å². The lowest BCUT2D eigenvalue weighted by Gasteiger charge is -2.28. The van der Waals surface area contributed by atoms with Crippen LogP contribution >= 0.6 is 0 Å². The van der Waals surface area contributed by atoms with E-state index in [2.05, 4.69) is 96.9 Å². The topological polar surface area (TPSA) is 9.72 Å². The molecule has 0 aromatic rings. The molecule has 3 aliphatic heterocycles. The second-order valence-electron chi connectivity index (χ2n) is 10.5. The quantitative estimate of drug-likeness (QED) is 0.200. The van der Waals surface area contributed by atoms with E-state index in [-0.39, 0.29) is 0 Å². The fourth-order valence-corrected chi connectivity index (χ4v) is 5.03. The van der Waals surface area contributed by atoms with E-state index in [1.165, 1.54) is 99.3 Å². The molecule has 0 aromatic carbocycles. The van der Waals surface area contributed by atoms with Crippen LogP contribution in [-0.4, -0.2) is 40.9 Å². The van der Waals surface area contributed by atoms with Gasteiger partial charge in [0, 0.05) is 56.6 Å². The van der Waals surface area contributed by atoms with Crippen molar-refractivity contribution in [1.82, 2.24) is 14.7 Å². The van der Waals surface area contributed by atoms with Crippen molar-refractivity contribution in [3.63, 3.8) is 0 Å². The average Bonchev–Trinajstić information content (AvgIpc) is 2.92. The lowest BCUT2D eigenvalue weighted by Crippen LogP contribution is -2.23. The van der Waals surface area contributed by atoms with E-state index in [0.29, 0.717) is 0 Å². The minimum Gasteiger partial charge on any atom is -0.374 e. The molecule has 0 radical (unpaired) electrons. The van der Waals surface area contributed by atoms with Crippen LogP contribution in [0.1, 0.15) is 97.8 Å². The SMILES string of the molecule is CCCCCCN1C=CC(=C2C=CN(CCCCCC)C=C2C2=CCN(CCCCCC)C=C2)C=C1. The molecule has 0 bridgehead atoms. The molecular formula is C33H51N3. The average molecular weight is 490 g/mol. The van der Waals surface area contributed by atoms with E-state index in [9.17, 15) is 0 Å². The van der Waals surface area contributed by atoms with Crippen LogP contribution in [0.5, 0.6) is 0 Å². The molecule has 3 rings (SSSR count). The van der Waals surface area contributed by atoms with Gasteiger partial charge in [0.15, 0.2) is 0 Å². The molecule has 0 atom stereocenters. The number of allylic oxidation sites excluding steroid dienone is 8. The van der Waals surface area contributed by atoms with Gasteiger partial charge in [-0.05, 0) is 66.5 Å². The van der Waals surface area contributed by atoms with E-state index >= 15 is 0 Å². The summed E-state index contributed by atoms with van der Waals surface area (Å²) in [7, 11) is 0. The van der Waals surface area contributed by atoms with Crippen molar-refractivity contribution in [1.29, 1.82) is 0 Å². The normalized spacial score (nSPS) is 17.4. The van der Waals surface area contributed by atoms with Crippen molar-refractivity contribution in [2.24, 2.45) is 0 Å². The molecule has 3 heterocycles. The summed E-state index contributed by atoms with van der Waals surface area (Å²) in [6.45, 7) is 11.2. The van der Waals surface area contributed by atoms with Crippen LogP contribution in [0.15, 0.2) is 83.7 Å². The lowest BCUT2D eigenvalue weighted by molar-refractivity contribution is 0.392. The minimum absolute atomic E-state index is 1.01. The van der Waals surface area contributed by atoms with Gasteiger partial charge in [0.05, 0.1) is 0 Å². The van der Waals surface area contributed by atoms with Gasteiger partial charge in [0.2, 0.25) is 0 Å². The molecule has 0 aliphatic carbocycles. The number of hydrogen-bond acceptors (Lipinski definition) is 3. The molecule has 0 aromatic heterocycles. The molecule has 0 N–H and O–H groups in total. The van der Waals surface area contributed by atoms with E-state index in [1.807, 2.05) is 0 Å². The third-order valence-electron chi connectivity index (χ3n) is 7.38. The zero-order valence-corrected chi connectivity index (χ0v) is 23.4. The molecule has 0 saturated carbocycles. The number of unbranched alkanes of at least 4 members (excludes halogenated alkanes) is 9. The Hall–Kier alpha value is -2.42. The summed E-state index contributed by atoms with van der Waals surface area (Å²) in [5, 5.41) is 0. The maximum Gasteiger partial charge on any atom is 0.0363 e. The highest BCUT2D eigenvalue weighted by Crippen LogP contribution is 2.32. The van der Waals surface area contributed by atoms with Crippen LogP contribution < -0.4 is 0 Å². The highest BCUT2D eigenvalue weighted by Gasteiger charge is 2.18. The second-order valence-corrected chi connectivity index (χ2v) is 10.5. The van der Waals surface area contributed by atoms with Crippen LogP contribution in [0.4, 0.5) is 0 Å². The summed E-state index contributed by atoms with van der Waals surface area (Å²) in [5.41, 5.74) is 5.36. The van der Waals surface area contributed by atoms with E-state index in [0.717, 1.165) is 26.2 Å². The van der Waals surface area contributed by atoms with Gasteiger partial charge in [-0.25, -0.2) is 0 Å². The van der Waals surface area contributed by atoms with Crippen molar-refractivity contribution in [2.75, 3.05) is 26.2 Å². The van der Waals surface area contributed by atoms with Gasteiger partial charge in [-0.1, -0.05) is 84.6 Å². The third-order valence-corrected chi connectivity index (χ3v) is 7.38. The Morgan fingerprint density at radius 1 is 0.583 bits per heavy atom. The molecule has 0 fully saturated rings. The summed E-state index contributed by atoms with van der Waals surface area (Å²) < 4.78 is 0. The standard InChI is InChI=1S/C33H51N3/c1-4-7-10-13-21-34-24-16-30(17-25-34)32-20-28-36(23-15-12-9-6-3)29-33(32)31-18-26-35(27-19-31)22-14-11-8-5-2/h16-20,24-26,28-29H,4-15,21-23,27H2,1-3H3. The number of rotatable bonds is 16. The monoisotopic (exact) mass is 489 g/mol. The van der Waals surface area contributed by atoms with Crippen LogP contribution in [-0.2, 0) is 0 Å². The summed E-state index contributed by atoms with van der Waals surface area (Å²) in [6.07, 6.45) is 38.9. The van der Waals surface area contributed by atoms with Crippen molar-refractivity contribution < 1.29 is 0 Å². The third kappa shape index (κ3) is 9.22. The van der Waals surface area contributed by atoms with Crippen LogP contribution in [0.2, 0.25) is 0 Å². The Balaban J connectivity index is 1.69. The largest absolute Gasteiger partial charge is 0.374 e. The Kier molecular flexibility index (Phi) is 12.8. The van der Waals surface area contributed by atoms with Gasteiger partial charge < -0.3 is 14.7 Å². The Labute approximate surface area is 222 Å². The maximum atomic E-state index is 2.46. The first-order valence-corrected chi connectivity index (χ1v) is 14.9. The predicted molar refractivity (Wildman–Crippen MR) is 157 cm³/mol. The van der Waals surface area contributed by atoms with Gasteiger partial charge in [-0.15, -0.1) is 0 Å². The zero-order chi connectivity index (χ0) is 25.4. The minimum atomic E-state index is 1.01. The zero-order valence-electron chi connectivity index (χ0n) is 23.4. The van der Waals surface area contributed by atoms with Crippen molar-refractivity contribution >= 4 is 0 Å². The fourth-order valence-electron chi connectivity index (χ4n) is 5.03. The Morgan fingerprint density at radius 2 is 1.17 bits per heavy atom. The first-order valence-electron chi connectivity index (χ1n) is 14.9. The highest BCUT2D eigenvalue weighted by molar-refractivity contribution is 5.63. The molecule has 0 spiro atoms. The van der Waals surface area contributed by atoms with Crippen LogP contribution in [0.25, 0.3) is 0 Å². The molecule has 0 amide bonds. The van der Waals surface area contributed by atoms with Gasteiger partial charge in [0.1, 0.15) is 0 Å². The highest BCUT2D eigenvalue weighted by atomic mass is 15.1. The molecule has 0 saturated heterocycles. The van der Waals surface area contributed by atoms with E-state index in [4.69, 9.17) is 0 Å². The first kappa shape index (κ1) is 28.2. The van der Waals surface area contributed by atoms with Gasteiger partial charge in [-0.2, -0.15) is 0 Å². The van der Waals surface area contributed by atoms with E-state index < -0.39 is 0 Å². The lowest BCUT2D eigenvalue weighted by atomic mass is 9.90. The van der Waals surface area contributed by atoms with Crippen LogP contribution in [0, 0.1) is 0 Å². The molecule has 3 heteroatoms. The maximum absolute atomic E-state index is 2.46. The summed E-state index contributed by atoms with van der Waals surface area (Å²) in [5.74, 6) is 0. The molecular weight excluding hydrogens is 438 g/mol. The Bertz CT molecular complexity index is 851. The summed E-state index contributed by atoms with van der Waals surface area (Å²) >= 11 is 0. The Morgan fingerprint density at radius 3 is 1.75 bits per heavy atom. The molecule has 36 heavy (non-hydrogen) atoms. The van der Waals surface area contributed by atoms with Gasteiger partial charge >= 0.3 is 0 Å². The van der Waals surface area contributed by atoms with Crippen molar-refractivity contribution in [3.05, 3.63) is 83.7 Å². The van der Waals surface area contributed by atoms with Gasteiger partial charge in [-0.3, -0.25) is 0 Å². The molecule has 3 nitrogen and oxygen atoms in total. The number of hydrogen-bond donors (Lipinski definition) is 0. The molecule has 198 valence electrons. The van der Waals surface area contributed by atoms with Gasteiger partial charge in [0.25, 0.3) is 0 Å². The fraction of sp³-hybridized carbons (Fsp3) is 0.576. The van der Waals surface area contributed by atoms with Crippen LogP contribution in [0.3, 0.4) is 0 Å². The molecule has 3 aliphatic rings. The molecule has 0 unspecified atom stereocenters. The summed E-state index contributed by atoms with van der Waals surface area (Å²) in [4.78, 5) is 7.20. The summed E-state index contributed by atoms with van der Waals surface area (Å²) in [6, 6.07) is 0. The van der Waals surface area contributed by atoms with E-state index in [1.54, 1.807) is 0 Å².